The Labute approximate surface area is 219 Å². The molecule has 1 fully saturated rings. The molecule has 2 N–H and O–H groups in total. The van der Waals surface area contributed by atoms with E-state index < -0.39 is 8.45 Å². The lowest BCUT2D eigenvalue weighted by Crippen LogP contribution is -2.33. The third-order valence-electron chi connectivity index (χ3n) is 5.92. The zero-order valence-electron chi connectivity index (χ0n) is 19.9. The summed E-state index contributed by atoms with van der Waals surface area (Å²) < 4.78 is 11.8. The highest BCUT2D eigenvalue weighted by Crippen LogP contribution is 2.56. The number of nitrogens with one attached hydrogen (secondary N) is 2. The molecule has 0 spiro atoms. The Bertz CT molecular complexity index is 1180. The van der Waals surface area contributed by atoms with E-state index in [9.17, 15) is 0 Å². The molecule has 1 saturated heterocycles. The largest absolute Gasteiger partial charge is 0.359 e. The Balaban J connectivity index is 1.38. The molecule has 1 heterocycles. The second-order valence-corrected chi connectivity index (χ2v) is 10.5. The van der Waals surface area contributed by atoms with Gasteiger partial charge in [-0.3, -0.25) is 0 Å². The summed E-state index contributed by atoms with van der Waals surface area (Å²) in [7, 11) is -1.10. The molecule has 0 amide bonds. The average molecular weight is 513 g/mol. The molecular weight excluding hydrogens is 483 g/mol. The van der Waals surface area contributed by atoms with E-state index in [1.807, 2.05) is 36.4 Å². The summed E-state index contributed by atoms with van der Waals surface area (Å²) in [6.07, 6.45) is -0.191. The first-order chi connectivity index (χ1) is 17.8. The van der Waals surface area contributed by atoms with Crippen LogP contribution in [-0.4, -0.2) is 24.7 Å². The summed E-state index contributed by atoms with van der Waals surface area (Å²) in [6.45, 7) is 2.34. The van der Waals surface area contributed by atoms with Crippen LogP contribution in [0.25, 0.3) is 0 Å². The van der Waals surface area contributed by atoms with Gasteiger partial charge in [0.25, 0.3) is 0 Å². The van der Waals surface area contributed by atoms with Crippen LogP contribution in [0.1, 0.15) is 11.7 Å². The van der Waals surface area contributed by atoms with Crippen molar-refractivity contribution in [2.24, 2.45) is 0 Å². The monoisotopic (exact) mass is 512 g/mol. The number of para-hydroxylation sites is 3. The summed E-state index contributed by atoms with van der Waals surface area (Å²) in [6, 6.07) is 41.4. The topological polar surface area (TPSA) is 39.8 Å². The van der Waals surface area contributed by atoms with E-state index in [0.29, 0.717) is 11.7 Å². The Kier molecular flexibility index (Phi) is 8.09. The van der Waals surface area contributed by atoms with E-state index in [1.165, 1.54) is 11.4 Å². The Hall–Kier alpha value is -3.44. The standard InChI is InChI=1S/C29H29N4OPS/c36-29(31-25-15-7-2-8-16-25)30-23-28(24-13-5-1-6-14-24)34-35-32(26-17-9-3-10-18-26)21-22-33(35)27-19-11-4-12-20-27/h1-20,28H,21-23H2,(H2,30,31,36). The molecule has 36 heavy (non-hydrogen) atoms. The van der Waals surface area contributed by atoms with Gasteiger partial charge >= 0.3 is 0 Å². The highest BCUT2D eigenvalue weighted by molar-refractivity contribution is 7.80. The summed E-state index contributed by atoms with van der Waals surface area (Å²) in [4.78, 5) is 0. The predicted octanol–water partition coefficient (Wildman–Crippen LogP) is 6.98. The number of rotatable bonds is 8. The van der Waals surface area contributed by atoms with Crippen LogP contribution in [0.2, 0.25) is 0 Å². The van der Waals surface area contributed by atoms with Crippen LogP contribution in [0, 0.1) is 0 Å². The highest BCUT2D eigenvalue weighted by atomic mass is 32.1. The molecule has 1 aliphatic heterocycles. The van der Waals surface area contributed by atoms with Crippen molar-refractivity contribution < 1.29 is 4.52 Å². The molecule has 0 bridgehead atoms. The average Bonchev–Trinajstić information content (AvgIpc) is 3.36. The first-order valence-electron chi connectivity index (χ1n) is 12.0. The van der Waals surface area contributed by atoms with Crippen molar-refractivity contribution in [3.8, 4) is 0 Å². The lowest BCUT2D eigenvalue weighted by atomic mass is 10.1. The second-order valence-electron chi connectivity index (χ2n) is 8.38. The van der Waals surface area contributed by atoms with Crippen molar-refractivity contribution in [2.45, 2.75) is 6.10 Å². The van der Waals surface area contributed by atoms with E-state index in [0.717, 1.165) is 24.3 Å². The van der Waals surface area contributed by atoms with Gasteiger partial charge in [-0.25, -0.2) is 0 Å². The lowest BCUT2D eigenvalue weighted by Gasteiger charge is -2.34. The number of thiocarbonyl (C=S) groups is 1. The van der Waals surface area contributed by atoms with Gasteiger partial charge in [-0.05, 0) is 54.2 Å². The Morgan fingerprint density at radius 2 is 1.19 bits per heavy atom. The fraction of sp³-hybridized carbons (Fsp3) is 0.138. The molecule has 0 aromatic heterocycles. The molecule has 0 aliphatic carbocycles. The summed E-state index contributed by atoms with van der Waals surface area (Å²) in [5.74, 6) is 0. The van der Waals surface area contributed by atoms with Crippen molar-refractivity contribution in [2.75, 3.05) is 34.3 Å². The van der Waals surface area contributed by atoms with Gasteiger partial charge in [-0.15, -0.1) is 0 Å². The molecule has 5 rings (SSSR count). The van der Waals surface area contributed by atoms with E-state index in [4.69, 9.17) is 16.7 Å². The van der Waals surface area contributed by atoms with Crippen molar-refractivity contribution in [3.05, 3.63) is 127 Å². The van der Waals surface area contributed by atoms with Crippen molar-refractivity contribution >= 4 is 42.8 Å². The van der Waals surface area contributed by atoms with Gasteiger partial charge in [0.05, 0.1) is 0 Å². The maximum absolute atomic E-state index is 7.00. The Morgan fingerprint density at radius 1 is 0.722 bits per heavy atom. The van der Waals surface area contributed by atoms with E-state index >= 15 is 0 Å². The van der Waals surface area contributed by atoms with Gasteiger partial charge in [0.2, 0.25) is 8.45 Å². The Morgan fingerprint density at radius 3 is 1.72 bits per heavy atom. The van der Waals surface area contributed by atoms with Crippen LogP contribution in [0.4, 0.5) is 17.1 Å². The number of nitrogens with zero attached hydrogens (tertiary/aromatic N) is 2. The molecule has 4 aromatic rings. The summed E-state index contributed by atoms with van der Waals surface area (Å²) in [5, 5.41) is 7.22. The molecule has 0 saturated carbocycles. The number of hydrogen-bond acceptors (Lipinski definition) is 4. The van der Waals surface area contributed by atoms with Crippen LogP contribution >= 0.6 is 20.7 Å². The van der Waals surface area contributed by atoms with Gasteiger partial charge in [-0.1, -0.05) is 84.9 Å². The first-order valence-corrected chi connectivity index (χ1v) is 13.6. The van der Waals surface area contributed by atoms with E-state index in [-0.39, 0.29) is 6.10 Å². The predicted molar refractivity (Wildman–Crippen MR) is 155 cm³/mol. The molecule has 1 unspecified atom stereocenters. The smallest absolute Gasteiger partial charge is 0.249 e. The molecule has 7 heteroatoms. The van der Waals surface area contributed by atoms with Crippen LogP contribution in [0.5, 0.6) is 0 Å². The number of benzene rings is 4. The van der Waals surface area contributed by atoms with Gasteiger partial charge in [-0.2, -0.15) is 0 Å². The SMILES string of the molecule is S=C(NCC(OP1N(c2ccccc2)CCN1c1ccccc1)c1ccccc1)Nc1ccccc1. The minimum atomic E-state index is -1.10. The summed E-state index contributed by atoms with van der Waals surface area (Å²) >= 11 is 5.59. The maximum atomic E-state index is 7.00. The number of anilines is 3. The molecular formula is C29H29N4OPS. The van der Waals surface area contributed by atoms with Crippen molar-refractivity contribution in [1.82, 2.24) is 5.32 Å². The minimum absolute atomic E-state index is 0.191. The fourth-order valence-corrected chi connectivity index (χ4v) is 6.44. The highest BCUT2D eigenvalue weighted by Gasteiger charge is 2.37. The molecule has 5 nitrogen and oxygen atoms in total. The molecule has 1 atom stereocenters. The van der Waals surface area contributed by atoms with Gasteiger partial charge < -0.3 is 24.5 Å². The van der Waals surface area contributed by atoms with Crippen LogP contribution in [0.15, 0.2) is 121 Å². The maximum Gasteiger partial charge on any atom is 0.249 e. The minimum Gasteiger partial charge on any atom is -0.359 e. The van der Waals surface area contributed by atoms with Crippen LogP contribution in [0.3, 0.4) is 0 Å². The molecule has 0 radical (unpaired) electrons. The zero-order valence-corrected chi connectivity index (χ0v) is 21.6. The number of hydrogen-bond donors (Lipinski definition) is 2. The third-order valence-corrected chi connectivity index (χ3v) is 8.30. The lowest BCUT2D eigenvalue weighted by molar-refractivity contribution is 0.233. The van der Waals surface area contributed by atoms with Gasteiger partial charge in [0.1, 0.15) is 6.10 Å². The molecule has 182 valence electrons. The fourth-order valence-electron chi connectivity index (χ4n) is 4.14. The third kappa shape index (κ3) is 6.03. The second kappa shape index (κ2) is 12.0. The first kappa shape index (κ1) is 24.3. The molecule has 4 aromatic carbocycles. The zero-order chi connectivity index (χ0) is 24.6. The van der Waals surface area contributed by atoms with Crippen LogP contribution in [-0.2, 0) is 4.52 Å². The summed E-state index contributed by atoms with van der Waals surface area (Å²) in [5.41, 5.74) is 4.41. The van der Waals surface area contributed by atoms with Crippen molar-refractivity contribution in [3.63, 3.8) is 0 Å². The van der Waals surface area contributed by atoms with Crippen molar-refractivity contribution in [1.29, 1.82) is 0 Å². The van der Waals surface area contributed by atoms with Gasteiger partial charge in [0.15, 0.2) is 5.11 Å². The van der Waals surface area contributed by atoms with Gasteiger partial charge in [0, 0.05) is 36.7 Å². The van der Waals surface area contributed by atoms with Crippen LogP contribution < -0.4 is 20.0 Å². The van der Waals surface area contributed by atoms with E-state index in [1.54, 1.807) is 0 Å². The quantitative estimate of drug-likeness (QED) is 0.196. The molecule has 1 aliphatic rings. The normalized spacial score (nSPS) is 14.4. The van der Waals surface area contributed by atoms with E-state index in [2.05, 4.69) is 105 Å².